The summed E-state index contributed by atoms with van der Waals surface area (Å²) in [5.74, 6) is 0.846. The lowest BCUT2D eigenvalue weighted by Gasteiger charge is -2.15. The van der Waals surface area contributed by atoms with E-state index in [9.17, 15) is 4.79 Å². The molecular formula is C18H25ClN4O2. The number of likely N-dealkylation sites (tertiary alicyclic amines) is 1. The molecule has 1 atom stereocenters. The number of halogens is 1. The third kappa shape index (κ3) is 4.32. The Labute approximate surface area is 154 Å². The molecule has 1 aliphatic heterocycles. The third-order valence-electron chi connectivity index (χ3n) is 4.27. The van der Waals surface area contributed by atoms with Crippen molar-refractivity contribution in [2.75, 3.05) is 26.2 Å². The molecule has 0 bridgehead atoms. The van der Waals surface area contributed by atoms with Crippen molar-refractivity contribution in [3.63, 3.8) is 0 Å². The summed E-state index contributed by atoms with van der Waals surface area (Å²) in [4.78, 5) is 14.7. The number of nitrogens with two attached hydrogens (primary N) is 1. The Morgan fingerprint density at radius 1 is 1.36 bits per heavy atom. The SMILES string of the molecule is CCCOc1cn(-c2ccccc2)nc1C(=O)N1CCC(CN)C1.Cl. The highest BCUT2D eigenvalue weighted by atomic mass is 35.5. The Balaban J connectivity index is 0.00000225. The van der Waals surface area contributed by atoms with E-state index in [1.807, 2.05) is 42.2 Å². The average Bonchev–Trinajstić information content (AvgIpc) is 3.27. The molecule has 1 aromatic carbocycles. The van der Waals surface area contributed by atoms with Gasteiger partial charge in [0.15, 0.2) is 11.4 Å². The summed E-state index contributed by atoms with van der Waals surface area (Å²) in [5.41, 5.74) is 7.01. The van der Waals surface area contributed by atoms with E-state index in [2.05, 4.69) is 5.10 Å². The first-order valence-electron chi connectivity index (χ1n) is 8.50. The van der Waals surface area contributed by atoms with Gasteiger partial charge in [0.2, 0.25) is 0 Å². The van der Waals surface area contributed by atoms with Gasteiger partial charge in [0, 0.05) is 13.1 Å². The number of benzene rings is 1. The molecule has 2 aromatic rings. The maximum Gasteiger partial charge on any atom is 0.278 e. The minimum atomic E-state index is -0.0771. The lowest BCUT2D eigenvalue weighted by Crippen LogP contribution is -2.30. The number of nitrogens with zero attached hydrogens (tertiary/aromatic N) is 3. The number of rotatable bonds is 6. The summed E-state index contributed by atoms with van der Waals surface area (Å²) in [6, 6.07) is 9.73. The Hall–Kier alpha value is -2.05. The van der Waals surface area contributed by atoms with Crippen molar-refractivity contribution < 1.29 is 9.53 Å². The van der Waals surface area contributed by atoms with Crippen LogP contribution in [0.4, 0.5) is 0 Å². The van der Waals surface area contributed by atoms with Gasteiger partial charge in [0.05, 0.1) is 18.5 Å². The zero-order chi connectivity index (χ0) is 16.9. The van der Waals surface area contributed by atoms with Crippen molar-refractivity contribution in [1.29, 1.82) is 0 Å². The minimum Gasteiger partial charge on any atom is -0.489 e. The predicted octanol–water partition coefficient (Wildman–Crippen LogP) is 2.50. The fraction of sp³-hybridized carbons (Fsp3) is 0.444. The van der Waals surface area contributed by atoms with Crippen LogP contribution < -0.4 is 10.5 Å². The first kappa shape index (κ1) is 19.3. The zero-order valence-electron chi connectivity index (χ0n) is 14.4. The molecule has 6 nitrogen and oxygen atoms in total. The summed E-state index contributed by atoms with van der Waals surface area (Å²) in [6.45, 7) is 4.63. The summed E-state index contributed by atoms with van der Waals surface area (Å²) >= 11 is 0. The van der Waals surface area contributed by atoms with Crippen molar-refractivity contribution in [3.8, 4) is 11.4 Å². The fourth-order valence-electron chi connectivity index (χ4n) is 2.90. The highest BCUT2D eigenvalue weighted by Gasteiger charge is 2.30. The van der Waals surface area contributed by atoms with E-state index < -0.39 is 0 Å². The van der Waals surface area contributed by atoms with Crippen molar-refractivity contribution in [2.24, 2.45) is 11.7 Å². The third-order valence-corrected chi connectivity index (χ3v) is 4.27. The van der Waals surface area contributed by atoms with Gasteiger partial charge in [-0.1, -0.05) is 25.1 Å². The fourth-order valence-corrected chi connectivity index (χ4v) is 2.90. The van der Waals surface area contributed by atoms with Crippen molar-refractivity contribution >= 4 is 18.3 Å². The van der Waals surface area contributed by atoms with Gasteiger partial charge in [0.1, 0.15) is 0 Å². The second kappa shape index (κ2) is 8.87. The number of aromatic nitrogens is 2. The van der Waals surface area contributed by atoms with Gasteiger partial charge in [-0.05, 0) is 37.4 Å². The second-order valence-corrected chi connectivity index (χ2v) is 6.11. The molecule has 1 aliphatic rings. The van der Waals surface area contributed by atoms with E-state index in [1.165, 1.54) is 0 Å². The number of carbonyl (C=O) groups is 1. The number of hydrogen-bond donors (Lipinski definition) is 1. The van der Waals surface area contributed by atoms with Crippen LogP contribution in [0.1, 0.15) is 30.3 Å². The molecule has 0 saturated carbocycles. The van der Waals surface area contributed by atoms with E-state index in [0.717, 1.165) is 25.1 Å². The Morgan fingerprint density at radius 3 is 2.76 bits per heavy atom. The first-order valence-corrected chi connectivity index (χ1v) is 8.50. The maximum absolute atomic E-state index is 12.9. The molecule has 2 N–H and O–H groups in total. The van der Waals surface area contributed by atoms with Gasteiger partial charge in [0.25, 0.3) is 5.91 Å². The summed E-state index contributed by atoms with van der Waals surface area (Å²) < 4.78 is 7.47. The Bertz CT molecular complexity index is 690. The Kier molecular flexibility index (Phi) is 6.84. The topological polar surface area (TPSA) is 73.4 Å². The van der Waals surface area contributed by atoms with Crippen LogP contribution in [0.3, 0.4) is 0 Å². The molecule has 1 fully saturated rings. The number of ether oxygens (including phenoxy) is 1. The normalized spacial score (nSPS) is 16.6. The van der Waals surface area contributed by atoms with Crippen LogP contribution in [0.25, 0.3) is 5.69 Å². The van der Waals surface area contributed by atoms with Crippen molar-refractivity contribution in [3.05, 3.63) is 42.2 Å². The number of amides is 1. The minimum absolute atomic E-state index is 0. The second-order valence-electron chi connectivity index (χ2n) is 6.11. The molecule has 136 valence electrons. The quantitative estimate of drug-likeness (QED) is 0.854. The van der Waals surface area contributed by atoms with Gasteiger partial charge < -0.3 is 15.4 Å². The Morgan fingerprint density at radius 2 is 2.12 bits per heavy atom. The van der Waals surface area contributed by atoms with Crippen molar-refractivity contribution in [1.82, 2.24) is 14.7 Å². The zero-order valence-corrected chi connectivity index (χ0v) is 15.2. The molecule has 0 radical (unpaired) electrons. The molecule has 25 heavy (non-hydrogen) atoms. The molecule has 7 heteroatoms. The standard InChI is InChI=1S/C18H24N4O2.ClH/c1-2-10-24-16-13-22(15-6-4-3-5-7-15)20-17(16)18(23)21-9-8-14(11-19)12-21;/h3-7,13-14H,2,8-12,19H2,1H3;1H. The molecule has 1 amide bonds. The molecule has 3 rings (SSSR count). The number of hydrogen-bond acceptors (Lipinski definition) is 4. The van der Waals surface area contributed by atoms with Gasteiger partial charge in [-0.3, -0.25) is 4.79 Å². The van der Waals surface area contributed by atoms with Crippen molar-refractivity contribution in [2.45, 2.75) is 19.8 Å². The predicted molar refractivity (Wildman–Crippen MR) is 99.7 cm³/mol. The van der Waals surface area contributed by atoms with Crippen LogP contribution in [-0.4, -0.2) is 46.8 Å². The van der Waals surface area contributed by atoms with Gasteiger partial charge >= 0.3 is 0 Å². The summed E-state index contributed by atoms with van der Waals surface area (Å²) in [7, 11) is 0. The number of carbonyl (C=O) groups excluding carboxylic acids is 1. The van der Waals surface area contributed by atoms with E-state index in [0.29, 0.717) is 37.1 Å². The first-order chi connectivity index (χ1) is 11.7. The average molecular weight is 365 g/mol. The summed E-state index contributed by atoms with van der Waals surface area (Å²) in [6.07, 6.45) is 3.62. The van der Waals surface area contributed by atoms with Crippen LogP contribution >= 0.6 is 12.4 Å². The van der Waals surface area contributed by atoms with E-state index in [-0.39, 0.29) is 18.3 Å². The lowest BCUT2D eigenvalue weighted by atomic mass is 10.1. The largest absolute Gasteiger partial charge is 0.489 e. The lowest BCUT2D eigenvalue weighted by molar-refractivity contribution is 0.0777. The molecule has 1 saturated heterocycles. The van der Waals surface area contributed by atoms with E-state index in [1.54, 1.807) is 10.9 Å². The summed E-state index contributed by atoms with van der Waals surface area (Å²) in [5, 5.41) is 4.50. The highest BCUT2D eigenvalue weighted by Crippen LogP contribution is 2.24. The molecule has 1 aromatic heterocycles. The van der Waals surface area contributed by atoms with Crippen LogP contribution in [0.2, 0.25) is 0 Å². The van der Waals surface area contributed by atoms with Gasteiger partial charge in [-0.25, -0.2) is 4.68 Å². The molecular weight excluding hydrogens is 340 g/mol. The van der Waals surface area contributed by atoms with Crippen LogP contribution in [-0.2, 0) is 0 Å². The van der Waals surface area contributed by atoms with E-state index in [4.69, 9.17) is 10.5 Å². The van der Waals surface area contributed by atoms with E-state index >= 15 is 0 Å². The molecule has 0 spiro atoms. The maximum atomic E-state index is 12.9. The molecule has 0 aliphatic carbocycles. The van der Waals surface area contributed by atoms with Crippen LogP contribution in [0, 0.1) is 5.92 Å². The molecule has 1 unspecified atom stereocenters. The highest BCUT2D eigenvalue weighted by molar-refractivity contribution is 5.95. The van der Waals surface area contributed by atoms with Gasteiger partial charge in [-0.2, -0.15) is 5.10 Å². The monoisotopic (exact) mass is 364 g/mol. The smallest absolute Gasteiger partial charge is 0.278 e. The van der Waals surface area contributed by atoms with Crippen LogP contribution in [0.15, 0.2) is 36.5 Å². The molecule has 2 heterocycles. The van der Waals surface area contributed by atoms with Crippen LogP contribution in [0.5, 0.6) is 5.75 Å². The van der Waals surface area contributed by atoms with Gasteiger partial charge in [-0.15, -0.1) is 12.4 Å². The number of para-hydroxylation sites is 1.